The minimum Gasteiger partial charge on any atom is -0.299 e. The molecule has 1 fully saturated rings. The molecule has 0 aromatic heterocycles. The second kappa shape index (κ2) is 4.43. The molecule has 0 radical (unpaired) electrons. The molecule has 84 valence electrons. The van der Waals surface area contributed by atoms with Gasteiger partial charge in [0.05, 0.1) is 4.92 Å². The molecule has 1 aliphatic rings. The van der Waals surface area contributed by atoms with Crippen molar-refractivity contribution in [1.29, 1.82) is 0 Å². The SMILES string of the molecule is O=C(CCc1ccc([N+](=O)[O-])cc1)C1CC1. The molecule has 0 amide bonds. The first-order valence-corrected chi connectivity index (χ1v) is 5.43. The van der Waals surface area contributed by atoms with Crippen molar-refractivity contribution in [2.75, 3.05) is 0 Å². The van der Waals surface area contributed by atoms with Crippen LogP contribution < -0.4 is 0 Å². The molecule has 1 aliphatic carbocycles. The van der Waals surface area contributed by atoms with Gasteiger partial charge in [-0.25, -0.2) is 0 Å². The lowest BCUT2D eigenvalue weighted by atomic mass is 10.1. The van der Waals surface area contributed by atoms with E-state index >= 15 is 0 Å². The van der Waals surface area contributed by atoms with Gasteiger partial charge in [-0.15, -0.1) is 0 Å². The number of aryl methyl sites for hydroxylation is 1. The molecular formula is C12H13NO3. The Bertz CT molecular complexity index is 407. The van der Waals surface area contributed by atoms with Gasteiger partial charge < -0.3 is 0 Å². The molecule has 4 nitrogen and oxygen atoms in total. The standard InChI is InChI=1S/C12H13NO3/c14-12(10-4-5-10)8-3-9-1-6-11(7-2-9)13(15)16/h1-2,6-7,10H,3-5,8H2. The highest BCUT2D eigenvalue weighted by Gasteiger charge is 2.28. The first kappa shape index (κ1) is 10.8. The Kier molecular flexibility index (Phi) is 2.99. The first-order valence-electron chi connectivity index (χ1n) is 5.43. The number of hydrogen-bond donors (Lipinski definition) is 0. The Hall–Kier alpha value is -1.71. The zero-order valence-corrected chi connectivity index (χ0v) is 8.89. The molecule has 0 aliphatic heterocycles. The maximum Gasteiger partial charge on any atom is 0.269 e. The van der Waals surface area contributed by atoms with Crippen LogP contribution in [0, 0.1) is 16.0 Å². The van der Waals surface area contributed by atoms with Gasteiger partial charge in [0, 0.05) is 24.5 Å². The van der Waals surface area contributed by atoms with E-state index in [2.05, 4.69) is 0 Å². The summed E-state index contributed by atoms with van der Waals surface area (Å²) in [5.41, 5.74) is 1.08. The van der Waals surface area contributed by atoms with Crippen molar-refractivity contribution in [2.24, 2.45) is 5.92 Å². The smallest absolute Gasteiger partial charge is 0.269 e. The fourth-order valence-electron chi connectivity index (χ4n) is 1.66. The third-order valence-electron chi connectivity index (χ3n) is 2.84. The molecule has 1 saturated carbocycles. The van der Waals surface area contributed by atoms with Gasteiger partial charge in [0.1, 0.15) is 5.78 Å². The number of carbonyl (C=O) groups is 1. The number of nitro groups is 1. The first-order chi connectivity index (χ1) is 7.66. The molecule has 1 aromatic rings. The van der Waals surface area contributed by atoms with Gasteiger partial charge in [-0.3, -0.25) is 14.9 Å². The van der Waals surface area contributed by atoms with E-state index in [1.54, 1.807) is 12.1 Å². The van der Waals surface area contributed by atoms with Crippen molar-refractivity contribution in [2.45, 2.75) is 25.7 Å². The van der Waals surface area contributed by atoms with Crippen LogP contribution in [-0.4, -0.2) is 10.7 Å². The van der Waals surface area contributed by atoms with E-state index < -0.39 is 4.92 Å². The summed E-state index contributed by atoms with van der Waals surface area (Å²) in [5, 5.41) is 10.4. The van der Waals surface area contributed by atoms with Crippen molar-refractivity contribution in [3.05, 3.63) is 39.9 Å². The average molecular weight is 219 g/mol. The molecule has 0 saturated heterocycles. The van der Waals surface area contributed by atoms with Crippen LogP contribution in [0.25, 0.3) is 0 Å². The van der Waals surface area contributed by atoms with Crippen LogP contribution in [-0.2, 0) is 11.2 Å². The third kappa shape index (κ3) is 2.66. The highest BCUT2D eigenvalue weighted by molar-refractivity contribution is 5.83. The van der Waals surface area contributed by atoms with E-state index in [4.69, 9.17) is 0 Å². The molecule has 0 spiro atoms. The quantitative estimate of drug-likeness (QED) is 0.564. The lowest BCUT2D eigenvalue weighted by molar-refractivity contribution is -0.384. The van der Waals surface area contributed by atoms with Crippen molar-refractivity contribution in [3.63, 3.8) is 0 Å². The van der Waals surface area contributed by atoms with E-state index in [-0.39, 0.29) is 5.69 Å². The largest absolute Gasteiger partial charge is 0.299 e. The van der Waals surface area contributed by atoms with Crippen LogP contribution >= 0.6 is 0 Å². The molecule has 2 rings (SSSR count). The number of benzene rings is 1. The Morgan fingerprint density at radius 3 is 2.44 bits per heavy atom. The van der Waals surface area contributed by atoms with Crippen molar-refractivity contribution >= 4 is 11.5 Å². The van der Waals surface area contributed by atoms with E-state index in [0.717, 1.165) is 18.4 Å². The fourth-order valence-corrected chi connectivity index (χ4v) is 1.66. The van der Waals surface area contributed by atoms with Crippen molar-refractivity contribution in [3.8, 4) is 0 Å². The van der Waals surface area contributed by atoms with E-state index in [0.29, 0.717) is 24.5 Å². The Morgan fingerprint density at radius 1 is 1.31 bits per heavy atom. The summed E-state index contributed by atoms with van der Waals surface area (Å²) in [5.74, 6) is 0.636. The van der Waals surface area contributed by atoms with Gasteiger partial charge in [0.2, 0.25) is 0 Å². The zero-order valence-electron chi connectivity index (χ0n) is 8.89. The van der Waals surface area contributed by atoms with Crippen LogP contribution in [0.5, 0.6) is 0 Å². The number of hydrogen-bond acceptors (Lipinski definition) is 3. The highest BCUT2D eigenvalue weighted by atomic mass is 16.6. The minimum absolute atomic E-state index is 0.0947. The summed E-state index contributed by atoms with van der Waals surface area (Å²) in [7, 11) is 0. The van der Waals surface area contributed by atoms with E-state index in [1.165, 1.54) is 12.1 Å². The number of non-ortho nitro benzene ring substituents is 1. The maximum absolute atomic E-state index is 11.4. The van der Waals surface area contributed by atoms with Gasteiger partial charge in [-0.05, 0) is 24.8 Å². The predicted octanol–water partition coefficient (Wildman–Crippen LogP) is 2.51. The number of carbonyl (C=O) groups excluding carboxylic acids is 1. The summed E-state index contributed by atoms with van der Waals surface area (Å²) in [4.78, 5) is 21.5. The van der Waals surface area contributed by atoms with Crippen LogP contribution in [0.3, 0.4) is 0 Å². The summed E-state index contributed by atoms with van der Waals surface area (Å²) >= 11 is 0. The van der Waals surface area contributed by atoms with Crippen LogP contribution in [0.15, 0.2) is 24.3 Å². The monoisotopic (exact) mass is 219 g/mol. The van der Waals surface area contributed by atoms with Crippen LogP contribution in [0.1, 0.15) is 24.8 Å². The Balaban J connectivity index is 1.89. The normalized spacial score (nSPS) is 14.8. The zero-order chi connectivity index (χ0) is 11.5. The molecule has 0 bridgehead atoms. The summed E-state index contributed by atoms with van der Waals surface area (Å²) in [6.45, 7) is 0. The topological polar surface area (TPSA) is 60.2 Å². The van der Waals surface area contributed by atoms with Crippen LogP contribution in [0.4, 0.5) is 5.69 Å². The maximum atomic E-state index is 11.4. The van der Waals surface area contributed by atoms with E-state index in [9.17, 15) is 14.9 Å². The molecule has 16 heavy (non-hydrogen) atoms. The van der Waals surface area contributed by atoms with Gasteiger partial charge in [0.15, 0.2) is 0 Å². The second-order valence-electron chi connectivity index (χ2n) is 4.16. The molecule has 0 heterocycles. The lowest BCUT2D eigenvalue weighted by Gasteiger charge is -2.00. The number of Topliss-reactive ketones (excluding diaryl/α,β-unsaturated/α-hetero) is 1. The molecular weight excluding hydrogens is 206 g/mol. The van der Waals surface area contributed by atoms with E-state index in [1.807, 2.05) is 0 Å². The third-order valence-corrected chi connectivity index (χ3v) is 2.84. The predicted molar refractivity (Wildman–Crippen MR) is 59.1 cm³/mol. The van der Waals surface area contributed by atoms with Gasteiger partial charge in [-0.1, -0.05) is 12.1 Å². The van der Waals surface area contributed by atoms with Gasteiger partial charge in [-0.2, -0.15) is 0 Å². The minimum atomic E-state index is -0.418. The lowest BCUT2D eigenvalue weighted by Crippen LogP contribution is -2.02. The summed E-state index contributed by atoms with van der Waals surface area (Å²) in [6.07, 6.45) is 3.33. The molecule has 1 aromatic carbocycles. The second-order valence-corrected chi connectivity index (χ2v) is 4.16. The van der Waals surface area contributed by atoms with Crippen LogP contribution in [0.2, 0.25) is 0 Å². The molecule has 4 heteroatoms. The molecule has 0 N–H and O–H groups in total. The average Bonchev–Trinajstić information content (AvgIpc) is 3.10. The molecule has 0 unspecified atom stereocenters. The summed E-state index contributed by atoms with van der Waals surface area (Å²) < 4.78 is 0. The Labute approximate surface area is 93.4 Å². The number of ketones is 1. The van der Waals surface area contributed by atoms with Crippen molar-refractivity contribution in [1.82, 2.24) is 0 Å². The number of nitrogens with zero attached hydrogens (tertiary/aromatic N) is 1. The Morgan fingerprint density at radius 2 is 1.94 bits per heavy atom. The van der Waals surface area contributed by atoms with Gasteiger partial charge in [0.25, 0.3) is 5.69 Å². The fraction of sp³-hybridized carbons (Fsp3) is 0.417. The highest BCUT2D eigenvalue weighted by Crippen LogP contribution is 2.31. The number of rotatable bonds is 5. The summed E-state index contributed by atoms with van der Waals surface area (Å²) in [6, 6.07) is 6.41. The molecule has 0 atom stereocenters. The van der Waals surface area contributed by atoms with Crippen molar-refractivity contribution < 1.29 is 9.72 Å². The van der Waals surface area contributed by atoms with Gasteiger partial charge >= 0.3 is 0 Å². The number of nitro benzene ring substituents is 1.